The number of ether oxygens (including phenoxy) is 1. The largest absolute Gasteiger partial charge is 0.496 e. The number of fused-ring (bicyclic) bond motifs is 1. The number of hydrogen-bond donors (Lipinski definition) is 4. The van der Waals surface area contributed by atoms with Gasteiger partial charge in [-0.1, -0.05) is 18.2 Å². The quantitative estimate of drug-likeness (QED) is 0.547. The molecule has 2 atom stereocenters. The zero-order valence-corrected chi connectivity index (χ0v) is 14.9. The van der Waals surface area contributed by atoms with Crippen LogP contribution in [0.25, 0.3) is 11.0 Å². The molecule has 0 saturated carbocycles. The second-order valence-corrected chi connectivity index (χ2v) is 6.18. The highest BCUT2D eigenvalue weighted by Crippen LogP contribution is 2.24. The molecule has 26 heavy (non-hydrogen) atoms. The molecule has 0 radical (unpaired) electrons. The van der Waals surface area contributed by atoms with Crippen molar-refractivity contribution < 1.29 is 9.53 Å². The summed E-state index contributed by atoms with van der Waals surface area (Å²) in [6, 6.07) is 12.5. The van der Waals surface area contributed by atoms with E-state index in [1.807, 2.05) is 31.2 Å². The maximum atomic E-state index is 12.5. The summed E-state index contributed by atoms with van der Waals surface area (Å²) in [6.07, 6.45) is 0. The Hall–Kier alpha value is -3.06. The summed E-state index contributed by atoms with van der Waals surface area (Å²) >= 11 is 0. The van der Waals surface area contributed by atoms with Crippen molar-refractivity contribution in [3.05, 3.63) is 58.5 Å². The van der Waals surface area contributed by atoms with Gasteiger partial charge in [0.05, 0.1) is 24.2 Å². The molecule has 3 rings (SSSR count). The number of methoxy groups -OCH3 is 1. The Bertz CT molecular complexity index is 976. The van der Waals surface area contributed by atoms with Gasteiger partial charge in [-0.05, 0) is 38.1 Å². The van der Waals surface area contributed by atoms with Crippen LogP contribution in [0.2, 0.25) is 0 Å². The van der Waals surface area contributed by atoms with Crippen LogP contribution in [-0.2, 0) is 4.79 Å². The number of rotatable bonds is 6. The molecule has 7 nitrogen and oxygen atoms in total. The third-order valence-corrected chi connectivity index (χ3v) is 4.28. The Kier molecular flexibility index (Phi) is 5.09. The number of hydrogen-bond acceptors (Lipinski definition) is 4. The van der Waals surface area contributed by atoms with Gasteiger partial charge in [-0.25, -0.2) is 4.79 Å². The van der Waals surface area contributed by atoms with Gasteiger partial charge in [-0.2, -0.15) is 0 Å². The molecule has 1 aromatic heterocycles. The first kappa shape index (κ1) is 17.8. The Labute approximate surface area is 150 Å². The number of benzene rings is 2. The Morgan fingerprint density at radius 1 is 1.08 bits per heavy atom. The number of aromatic amines is 2. The average Bonchev–Trinajstić information content (AvgIpc) is 3.00. The normalized spacial score (nSPS) is 13.3. The van der Waals surface area contributed by atoms with E-state index >= 15 is 0 Å². The number of para-hydroxylation sites is 1. The number of aromatic nitrogens is 2. The summed E-state index contributed by atoms with van der Waals surface area (Å²) in [4.78, 5) is 29.2. The van der Waals surface area contributed by atoms with Crippen molar-refractivity contribution >= 4 is 22.6 Å². The van der Waals surface area contributed by atoms with Gasteiger partial charge in [0.15, 0.2) is 0 Å². The summed E-state index contributed by atoms with van der Waals surface area (Å²) in [5.74, 6) is 0.617. The minimum Gasteiger partial charge on any atom is -0.496 e. The second kappa shape index (κ2) is 7.45. The van der Waals surface area contributed by atoms with E-state index in [2.05, 4.69) is 20.6 Å². The van der Waals surface area contributed by atoms with Gasteiger partial charge < -0.3 is 20.0 Å². The van der Waals surface area contributed by atoms with Crippen LogP contribution in [0.4, 0.5) is 5.69 Å². The van der Waals surface area contributed by atoms with Crippen molar-refractivity contribution in [1.29, 1.82) is 0 Å². The van der Waals surface area contributed by atoms with E-state index in [1.165, 1.54) is 0 Å². The SMILES string of the molecule is COc1ccccc1C(C)NC(C)C(=O)Nc1ccc2[nH]c(=O)[nH]c2c1. The van der Waals surface area contributed by atoms with Crippen LogP contribution in [0.15, 0.2) is 47.3 Å². The second-order valence-electron chi connectivity index (χ2n) is 6.18. The van der Waals surface area contributed by atoms with Crippen LogP contribution in [-0.4, -0.2) is 29.0 Å². The molecule has 0 fully saturated rings. The smallest absolute Gasteiger partial charge is 0.323 e. The lowest BCUT2D eigenvalue weighted by molar-refractivity contribution is -0.117. The molecule has 2 aromatic carbocycles. The highest BCUT2D eigenvalue weighted by atomic mass is 16.5. The van der Waals surface area contributed by atoms with E-state index < -0.39 is 6.04 Å². The third-order valence-electron chi connectivity index (χ3n) is 4.28. The van der Waals surface area contributed by atoms with Crippen molar-refractivity contribution in [3.63, 3.8) is 0 Å². The van der Waals surface area contributed by atoms with E-state index in [0.29, 0.717) is 16.7 Å². The third kappa shape index (κ3) is 3.78. The minimum absolute atomic E-state index is 0.0598. The van der Waals surface area contributed by atoms with Crippen LogP contribution < -0.4 is 21.1 Å². The van der Waals surface area contributed by atoms with Gasteiger partial charge in [0.2, 0.25) is 5.91 Å². The van der Waals surface area contributed by atoms with Crippen molar-refractivity contribution in [1.82, 2.24) is 15.3 Å². The van der Waals surface area contributed by atoms with E-state index in [0.717, 1.165) is 11.3 Å². The number of anilines is 1. The monoisotopic (exact) mass is 354 g/mol. The predicted octanol–water partition coefficient (Wildman–Crippen LogP) is 2.54. The van der Waals surface area contributed by atoms with Gasteiger partial charge in [-0.3, -0.25) is 10.1 Å². The summed E-state index contributed by atoms with van der Waals surface area (Å²) in [7, 11) is 1.63. The summed E-state index contributed by atoms with van der Waals surface area (Å²) in [5.41, 5.74) is 2.68. The lowest BCUT2D eigenvalue weighted by Gasteiger charge is -2.21. The summed E-state index contributed by atoms with van der Waals surface area (Å²) in [5, 5.41) is 6.14. The zero-order valence-electron chi connectivity index (χ0n) is 14.9. The highest BCUT2D eigenvalue weighted by Gasteiger charge is 2.18. The van der Waals surface area contributed by atoms with Crippen molar-refractivity contribution in [3.8, 4) is 5.75 Å². The van der Waals surface area contributed by atoms with Crippen LogP contribution in [0, 0.1) is 0 Å². The Morgan fingerprint density at radius 2 is 1.81 bits per heavy atom. The van der Waals surface area contributed by atoms with E-state index in [1.54, 1.807) is 32.2 Å². The van der Waals surface area contributed by atoms with Gasteiger partial charge in [-0.15, -0.1) is 0 Å². The van der Waals surface area contributed by atoms with Gasteiger partial charge >= 0.3 is 5.69 Å². The van der Waals surface area contributed by atoms with Crippen LogP contribution in [0.3, 0.4) is 0 Å². The van der Waals surface area contributed by atoms with E-state index in [-0.39, 0.29) is 17.6 Å². The van der Waals surface area contributed by atoms with E-state index in [4.69, 9.17) is 4.74 Å². The number of carbonyl (C=O) groups is 1. The fraction of sp³-hybridized carbons (Fsp3) is 0.263. The standard InChI is InChI=1S/C19H22N4O3/c1-11(14-6-4-5-7-17(14)26-3)20-12(2)18(24)21-13-8-9-15-16(10-13)23-19(25)22-15/h4-12,20H,1-3H3,(H,21,24)(H2,22,23,25). The zero-order chi connectivity index (χ0) is 18.7. The molecule has 3 aromatic rings. The highest BCUT2D eigenvalue weighted by molar-refractivity contribution is 5.96. The van der Waals surface area contributed by atoms with Crippen LogP contribution in [0.1, 0.15) is 25.5 Å². The van der Waals surface area contributed by atoms with E-state index in [9.17, 15) is 9.59 Å². The summed E-state index contributed by atoms with van der Waals surface area (Å²) < 4.78 is 5.37. The van der Waals surface area contributed by atoms with Crippen molar-refractivity contribution in [2.45, 2.75) is 25.9 Å². The number of carbonyl (C=O) groups excluding carboxylic acids is 1. The molecule has 0 spiro atoms. The molecule has 0 aliphatic carbocycles. The minimum atomic E-state index is -0.420. The average molecular weight is 354 g/mol. The Morgan fingerprint density at radius 3 is 2.58 bits per heavy atom. The lowest BCUT2D eigenvalue weighted by atomic mass is 10.1. The van der Waals surface area contributed by atoms with Crippen molar-refractivity contribution in [2.75, 3.05) is 12.4 Å². The fourth-order valence-electron chi connectivity index (χ4n) is 2.93. The predicted molar refractivity (Wildman–Crippen MR) is 102 cm³/mol. The molecule has 136 valence electrons. The number of nitrogens with one attached hydrogen (secondary N) is 4. The molecule has 7 heteroatoms. The molecule has 4 N–H and O–H groups in total. The molecular weight excluding hydrogens is 332 g/mol. The first-order valence-electron chi connectivity index (χ1n) is 8.40. The number of H-pyrrole nitrogens is 2. The molecule has 0 aliphatic rings. The maximum Gasteiger partial charge on any atom is 0.323 e. The molecule has 0 bridgehead atoms. The molecule has 1 heterocycles. The van der Waals surface area contributed by atoms with Crippen LogP contribution >= 0.6 is 0 Å². The van der Waals surface area contributed by atoms with Crippen molar-refractivity contribution in [2.24, 2.45) is 0 Å². The number of amides is 1. The van der Waals surface area contributed by atoms with Crippen LogP contribution in [0.5, 0.6) is 5.75 Å². The van der Waals surface area contributed by atoms with Gasteiger partial charge in [0, 0.05) is 17.3 Å². The maximum absolute atomic E-state index is 12.5. The molecular formula is C19H22N4O3. The summed E-state index contributed by atoms with van der Waals surface area (Å²) in [6.45, 7) is 3.79. The topological polar surface area (TPSA) is 99.0 Å². The number of imidazole rings is 1. The molecule has 0 aliphatic heterocycles. The lowest BCUT2D eigenvalue weighted by Crippen LogP contribution is -2.39. The molecule has 2 unspecified atom stereocenters. The Balaban J connectivity index is 1.67. The van der Waals surface area contributed by atoms with Gasteiger partial charge in [0.25, 0.3) is 0 Å². The first-order valence-corrected chi connectivity index (χ1v) is 8.40. The van der Waals surface area contributed by atoms with Gasteiger partial charge in [0.1, 0.15) is 5.75 Å². The molecule has 0 saturated heterocycles. The molecule has 1 amide bonds. The fourth-order valence-corrected chi connectivity index (χ4v) is 2.93. The first-order chi connectivity index (χ1) is 12.5.